The largest absolute Gasteiger partial charge is 0.473 e. The molecule has 1 amide bonds. The molecule has 110 valence electrons. The van der Waals surface area contributed by atoms with Crippen molar-refractivity contribution < 1.29 is 9.53 Å². The molecule has 5 nitrogen and oxygen atoms in total. The summed E-state index contributed by atoms with van der Waals surface area (Å²) in [6.45, 7) is 1.89. The Kier molecular flexibility index (Phi) is 4.40. The molecule has 1 saturated heterocycles. The third-order valence-corrected chi connectivity index (χ3v) is 4.97. The van der Waals surface area contributed by atoms with Gasteiger partial charge in [-0.3, -0.25) is 4.79 Å². The summed E-state index contributed by atoms with van der Waals surface area (Å²) in [6, 6.07) is 5.31. The van der Waals surface area contributed by atoms with Gasteiger partial charge in [0.25, 0.3) is 5.91 Å². The molecule has 2 aromatic heterocycles. The Hall–Kier alpha value is -1.60. The van der Waals surface area contributed by atoms with E-state index in [1.54, 1.807) is 18.3 Å². The number of ether oxygens (including phenoxy) is 1. The highest BCUT2D eigenvalue weighted by Crippen LogP contribution is 2.25. The van der Waals surface area contributed by atoms with Crippen LogP contribution in [0.2, 0.25) is 0 Å². The van der Waals surface area contributed by atoms with Crippen molar-refractivity contribution in [3.8, 4) is 5.88 Å². The highest BCUT2D eigenvalue weighted by Gasteiger charge is 2.21. The van der Waals surface area contributed by atoms with Crippen molar-refractivity contribution in [3.63, 3.8) is 0 Å². The Morgan fingerprint density at radius 3 is 3.14 bits per heavy atom. The monoisotopic (exact) mass is 321 g/mol. The van der Waals surface area contributed by atoms with Gasteiger partial charge >= 0.3 is 0 Å². The van der Waals surface area contributed by atoms with Crippen LogP contribution in [-0.2, 0) is 0 Å². The summed E-state index contributed by atoms with van der Waals surface area (Å²) in [5.41, 5.74) is 1.35. The normalized spacial score (nSPS) is 17.7. The first-order valence-electron chi connectivity index (χ1n) is 6.66. The minimum absolute atomic E-state index is 0.141. The zero-order chi connectivity index (χ0) is 14.7. The maximum atomic E-state index is 12.4. The zero-order valence-electron chi connectivity index (χ0n) is 11.5. The van der Waals surface area contributed by atoms with Gasteiger partial charge in [0.1, 0.15) is 16.7 Å². The SMILES string of the molecule is Cc1cc(NC(=O)c2cccnc2O[C@@H]2CCSC2)sn1. The van der Waals surface area contributed by atoms with Gasteiger partial charge in [-0.2, -0.15) is 16.1 Å². The van der Waals surface area contributed by atoms with Crippen LogP contribution in [0.15, 0.2) is 24.4 Å². The molecule has 0 radical (unpaired) electrons. The minimum atomic E-state index is -0.215. The molecule has 0 bridgehead atoms. The third-order valence-electron chi connectivity index (χ3n) is 3.05. The van der Waals surface area contributed by atoms with Crippen LogP contribution < -0.4 is 10.1 Å². The van der Waals surface area contributed by atoms with Crippen LogP contribution in [0.4, 0.5) is 5.00 Å². The molecule has 7 heteroatoms. The van der Waals surface area contributed by atoms with Gasteiger partial charge in [-0.05, 0) is 48.8 Å². The molecule has 1 aliphatic rings. The Morgan fingerprint density at radius 2 is 2.43 bits per heavy atom. The van der Waals surface area contributed by atoms with Crippen molar-refractivity contribution in [1.82, 2.24) is 9.36 Å². The number of pyridine rings is 1. The second-order valence-electron chi connectivity index (χ2n) is 4.75. The molecule has 1 N–H and O–H groups in total. The maximum absolute atomic E-state index is 12.4. The van der Waals surface area contributed by atoms with Crippen molar-refractivity contribution in [1.29, 1.82) is 0 Å². The summed E-state index contributed by atoms with van der Waals surface area (Å²) in [5, 5.41) is 3.56. The average Bonchev–Trinajstić information content (AvgIpc) is 3.11. The van der Waals surface area contributed by atoms with Crippen LogP contribution in [-0.4, -0.2) is 32.9 Å². The molecule has 0 aromatic carbocycles. The van der Waals surface area contributed by atoms with Gasteiger partial charge in [0.15, 0.2) is 0 Å². The number of nitrogens with zero attached hydrogens (tertiary/aromatic N) is 2. The van der Waals surface area contributed by atoms with E-state index in [0.29, 0.717) is 11.4 Å². The van der Waals surface area contributed by atoms with Crippen molar-refractivity contribution in [2.45, 2.75) is 19.4 Å². The fourth-order valence-corrected chi connectivity index (χ4v) is 3.77. The summed E-state index contributed by atoms with van der Waals surface area (Å²) in [6.07, 6.45) is 2.78. The van der Waals surface area contributed by atoms with Gasteiger partial charge in [-0.25, -0.2) is 4.98 Å². The first-order chi connectivity index (χ1) is 10.2. The quantitative estimate of drug-likeness (QED) is 0.938. The van der Waals surface area contributed by atoms with Gasteiger partial charge in [0.2, 0.25) is 5.88 Å². The van der Waals surface area contributed by atoms with E-state index >= 15 is 0 Å². The number of thioether (sulfide) groups is 1. The van der Waals surface area contributed by atoms with E-state index in [0.717, 1.165) is 28.6 Å². The fourth-order valence-electron chi connectivity index (χ4n) is 2.02. The fraction of sp³-hybridized carbons (Fsp3) is 0.357. The Labute approximate surface area is 131 Å². The Bertz CT molecular complexity index is 639. The number of anilines is 1. The number of aryl methyl sites for hydroxylation is 1. The van der Waals surface area contributed by atoms with Crippen LogP contribution >= 0.6 is 23.3 Å². The highest BCUT2D eigenvalue weighted by atomic mass is 32.2. The zero-order valence-corrected chi connectivity index (χ0v) is 13.2. The maximum Gasteiger partial charge on any atom is 0.261 e. The Morgan fingerprint density at radius 1 is 1.52 bits per heavy atom. The average molecular weight is 321 g/mol. The number of nitrogens with one attached hydrogen (secondary N) is 1. The van der Waals surface area contributed by atoms with E-state index in [9.17, 15) is 4.79 Å². The summed E-state index contributed by atoms with van der Waals surface area (Å²) >= 11 is 3.13. The van der Waals surface area contributed by atoms with Crippen molar-refractivity contribution in [2.24, 2.45) is 0 Å². The van der Waals surface area contributed by atoms with Crippen molar-refractivity contribution in [3.05, 3.63) is 35.7 Å². The van der Waals surface area contributed by atoms with E-state index in [2.05, 4.69) is 14.7 Å². The molecule has 3 heterocycles. The molecule has 0 unspecified atom stereocenters. The molecule has 1 fully saturated rings. The molecule has 3 rings (SSSR count). The van der Waals surface area contributed by atoms with Crippen LogP contribution in [0.25, 0.3) is 0 Å². The van der Waals surface area contributed by atoms with Crippen molar-refractivity contribution in [2.75, 3.05) is 16.8 Å². The summed E-state index contributed by atoms with van der Waals surface area (Å²) in [7, 11) is 0. The topological polar surface area (TPSA) is 64.1 Å². The van der Waals surface area contributed by atoms with E-state index < -0.39 is 0 Å². The number of hydrogen-bond acceptors (Lipinski definition) is 6. The summed E-state index contributed by atoms with van der Waals surface area (Å²) in [4.78, 5) is 16.6. The van der Waals surface area contributed by atoms with Gasteiger partial charge in [0, 0.05) is 11.9 Å². The lowest BCUT2D eigenvalue weighted by atomic mass is 10.2. The van der Waals surface area contributed by atoms with Gasteiger partial charge in [-0.1, -0.05) is 0 Å². The number of aromatic nitrogens is 2. The Balaban J connectivity index is 1.75. The van der Waals surface area contributed by atoms with E-state index in [4.69, 9.17) is 4.74 Å². The molecule has 1 aliphatic heterocycles. The van der Waals surface area contributed by atoms with E-state index in [1.807, 2.05) is 24.8 Å². The van der Waals surface area contributed by atoms with Gasteiger partial charge in [0.05, 0.1) is 5.69 Å². The molecule has 0 aliphatic carbocycles. The number of rotatable bonds is 4. The van der Waals surface area contributed by atoms with Crippen LogP contribution in [0.1, 0.15) is 22.5 Å². The van der Waals surface area contributed by atoms with E-state index in [1.165, 1.54) is 11.5 Å². The number of hydrogen-bond donors (Lipinski definition) is 1. The lowest BCUT2D eigenvalue weighted by molar-refractivity contribution is 0.101. The van der Waals surface area contributed by atoms with Crippen LogP contribution in [0.3, 0.4) is 0 Å². The lowest BCUT2D eigenvalue weighted by Crippen LogP contribution is -2.19. The second kappa shape index (κ2) is 6.44. The molecule has 2 aromatic rings. The van der Waals surface area contributed by atoms with Gasteiger partial charge in [-0.15, -0.1) is 0 Å². The highest BCUT2D eigenvalue weighted by molar-refractivity contribution is 7.99. The predicted octanol–water partition coefficient (Wildman–Crippen LogP) is 2.98. The number of carbonyl (C=O) groups is 1. The molecular formula is C14H15N3O2S2. The standard InChI is InChI=1S/C14H15N3O2S2/c1-9-7-12(21-17-9)16-13(18)11-3-2-5-15-14(11)19-10-4-6-20-8-10/h2-3,5,7,10H,4,6,8H2,1H3,(H,16,18)/t10-/m1/s1. The smallest absolute Gasteiger partial charge is 0.261 e. The number of carbonyl (C=O) groups excluding carboxylic acids is 1. The van der Waals surface area contributed by atoms with Crippen LogP contribution in [0.5, 0.6) is 5.88 Å². The van der Waals surface area contributed by atoms with Gasteiger partial charge < -0.3 is 10.1 Å². The second-order valence-corrected chi connectivity index (χ2v) is 6.70. The minimum Gasteiger partial charge on any atom is -0.473 e. The van der Waals surface area contributed by atoms with Crippen LogP contribution in [0, 0.1) is 6.92 Å². The van der Waals surface area contributed by atoms with E-state index in [-0.39, 0.29) is 12.0 Å². The molecule has 21 heavy (non-hydrogen) atoms. The first kappa shape index (κ1) is 14.3. The predicted molar refractivity (Wildman–Crippen MR) is 85.4 cm³/mol. The molecular weight excluding hydrogens is 306 g/mol. The molecule has 0 saturated carbocycles. The third kappa shape index (κ3) is 3.54. The molecule has 1 atom stereocenters. The first-order valence-corrected chi connectivity index (χ1v) is 8.59. The van der Waals surface area contributed by atoms with Crippen molar-refractivity contribution >= 4 is 34.2 Å². The number of amides is 1. The molecule has 0 spiro atoms. The summed E-state index contributed by atoms with van der Waals surface area (Å²) < 4.78 is 10.0. The lowest BCUT2D eigenvalue weighted by Gasteiger charge is -2.14. The summed E-state index contributed by atoms with van der Waals surface area (Å²) in [5.74, 6) is 2.24.